The SMILES string of the molecule is CN1C2CCC1CC(NC(=O)c1cc(C(F)(F)F)n(C)n1)C2. The maximum Gasteiger partial charge on any atom is 0.433 e. The van der Waals surface area contributed by atoms with Crippen LogP contribution in [0, 0.1) is 0 Å². The predicted octanol–water partition coefficient (Wildman–Crippen LogP) is 1.79. The molecule has 0 spiro atoms. The van der Waals surface area contributed by atoms with Crippen LogP contribution in [-0.2, 0) is 13.2 Å². The second-order valence-corrected chi connectivity index (χ2v) is 6.23. The molecule has 2 aliphatic rings. The highest BCUT2D eigenvalue weighted by Gasteiger charge is 2.39. The van der Waals surface area contributed by atoms with Crippen molar-refractivity contribution in [3.05, 3.63) is 17.5 Å². The number of amides is 1. The molecule has 2 atom stereocenters. The molecule has 3 heterocycles. The zero-order chi connectivity index (χ0) is 16.1. The van der Waals surface area contributed by atoms with Crippen molar-refractivity contribution in [3.63, 3.8) is 0 Å². The van der Waals surface area contributed by atoms with Crippen molar-refractivity contribution in [1.29, 1.82) is 0 Å². The number of hydrogen-bond donors (Lipinski definition) is 1. The fourth-order valence-electron chi connectivity index (χ4n) is 3.63. The van der Waals surface area contributed by atoms with Gasteiger partial charge in [0.1, 0.15) is 5.69 Å². The zero-order valence-corrected chi connectivity index (χ0v) is 12.5. The van der Waals surface area contributed by atoms with Crippen molar-refractivity contribution in [3.8, 4) is 0 Å². The highest BCUT2D eigenvalue weighted by molar-refractivity contribution is 5.92. The normalized spacial score (nSPS) is 28.9. The van der Waals surface area contributed by atoms with Crippen molar-refractivity contribution >= 4 is 5.91 Å². The molecule has 8 heteroatoms. The molecule has 2 aliphatic heterocycles. The van der Waals surface area contributed by atoms with Crippen molar-refractivity contribution in [1.82, 2.24) is 20.0 Å². The highest BCUT2D eigenvalue weighted by atomic mass is 19.4. The number of carbonyl (C=O) groups is 1. The monoisotopic (exact) mass is 316 g/mol. The van der Waals surface area contributed by atoms with Gasteiger partial charge in [-0.2, -0.15) is 18.3 Å². The first-order chi connectivity index (χ1) is 10.3. The van der Waals surface area contributed by atoms with E-state index >= 15 is 0 Å². The minimum Gasteiger partial charge on any atom is -0.348 e. The van der Waals surface area contributed by atoms with Crippen LogP contribution in [0.1, 0.15) is 41.9 Å². The van der Waals surface area contributed by atoms with E-state index in [2.05, 4.69) is 22.4 Å². The van der Waals surface area contributed by atoms with Crippen LogP contribution in [0.4, 0.5) is 13.2 Å². The lowest BCUT2D eigenvalue weighted by atomic mass is 9.98. The molecule has 1 N–H and O–H groups in total. The first kappa shape index (κ1) is 15.3. The first-order valence-electron chi connectivity index (χ1n) is 7.39. The maximum atomic E-state index is 12.7. The van der Waals surface area contributed by atoms with Gasteiger partial charge < -0.3 is 10.2 Å². The van der Waals surface area contributed by atoms with Crippen molar-refractivity contribution in [2.75, 3.05) is 7.05 Å². The smallest absolute Gasteiger partial charge is 0.348 e. The van der Waals surface area contributed by atoms with E-state index in [4.69, 9.17) is 0 Å². The van der Waals surface area contributed by atoms with E-state index in [1.165, 1.54) is 7.05 Å². The highest BCUT2D eigenvalue weighted by Crippen LogP contribution is 2.34. The standard InChI is InChI=1S/C14H19F3N4O/c1-20-9-3-4-10(20)6-8(5-9)18-13(22)11-7-12(14(15,16)17)21(2)19-11/h7-10H,3-6H2,1-2H3,(H,18,22). The van der Waals surface area contributed by atoms with Gasteiger partial charge in [-0.05, 0) is 32.7 Å². The van der Waals surface area contributed by atoms with Crippen LogP contribution >= 0.6 is 0 Å². The van der Waals surface area contributed by atoms with Crippen molar-refractivity contribution < 1.29 is 18.0 Å². The van der Waals surface area contributed by atoms with E-state index in [-0.39, 0.29) is 11.7 Å². The summed E-state index contributed by atoms with van der Waals surface area (Å²) in [6.07, 6.45) is -0.576. The molecule has 2 bridgehead atoms. The average molecular weight is 316 g/mol. The summed E-state index contributed by atoms with van der Waals surface area (Å²) in [6.45, 7) is 0. The van der Waals surface area contributed by atoms with Gasteiger partial charge in [-0.15, -0.1) is 0 Å². The third-order valence-electron chi connectivity index (χ3n) is 4.84. The van der Waals surface area contributed by atoms with Gasteiger partial charge >= 0.3 is 6.18 Å². The second-order valence-electron chi connectivity index (χ2n) is 6.23. The molecule has 0 aliphatic carbocycles. The van der Waals surface area contributed by atoms with Crippen LogP contribution in [-0.4, -0.2) is 45.8 Å². The Morgan fingerprint density at radius 3 is 2.36 bits per heavy atom. The van der Waals surface area contributed by atoms with Gasteiger partial charge in [0.2, 0.25) is 0 Å². The molecule has 1 aromatic heterocycles. The largest absolute Gasteiger partial charge is 0.433 e. The summed E-state index contributed by atoms with van der Waals surface area (Å²) >= 11 is 0. The van der Waals surface area contributed by atoms with Gasteiger partial charge in [0.05, 0.1) is 0 Å². The summed E-state index contributed by atoms with van der Waals surface area (Å²) in [5.41, 5.74) is -1.10. The van der Waals surface area contributed by atoms with Gasteiger partial charge in [-0.25, -0.2) is 0 Å². The Bertz CT molecular complexity index is 569. The summed E-state index contributed by atoms with van der Waals surface area (Å²) in [4.78, 5) is 14.5. The van der Waals surface area contributed by atoms with Crippen LogP contribution < -0.4 is 5.32 Å². The fourth-order valence-corrected chi connectivity index (χ4v) is 3.63. The number of aryl methyl sites for hydroxylation is 1. The maximum absolute atomic E-state index is 12.7. The third-order valence-corrected chi connectivity index (χ3v) is 4.84. The number of nitrogens with zero attached hydrogens (tertiary/aromatic N) is 3. The number of aromatic nitrogens is 2. The van der Waals surface area contributed by atoms with Crippen LogP contribution in [0.5, 0.6) is 0 Å². The van der Waals surface area contributed by atoms with E-state index in [1.807, 2.05) is 0 Å². The lowest BCUT2D eigenvalue weighted by molar-refractivity contribution is -0.143. The van der Waals surface area contributed by atoms with Gasteiger partial charge in [0.25, 0.3) is 5.91 Å². The number of piperidine rings is 1. The predicted molar refractivity (Wildman–Crippen MR) is 73.3 cm³/mol. The van der Waals surface area contributed by atoms with Gasteiger partial charge in [-0.1, -0.05) is 0 Å². The van der Waals surface area contributed by atoms with Crippen LogP contribution in [0.15, 0.2) is 6.07 Å². The number of alkyl halides is 3. The van der Waals surface area contributed by atoms with Crippen LogP contribution in [0.3, 0.4) is 0 Å². The molecule has 2 fully saturated rings. The summed E-state index contributed by atoms with van der Waals surface area (Å²) in [5, 5.41) is 6.53. The Morgan fingerprint density at radius 2 is 1.86 bits per heavy atom. The molecule has 2 unspecified atom stereocenters. The van der Waals surface area contributed by atoms with E-state index in [1.54, 1.807) is 0 Å². The topological polar surface area (TPSA) is 50.2 Å². The van der Waals surface area contributed by atoms with Gasteiger partial charge in [0, 0.05) is 31.2 Å². The molecule has 3 rings (SSSR count). The fraction of sp³-hybridized carbons (Fsp3) is 0.714. The quantitative estimate of drug-likeness (QED) is 0.905. The summed E-state index contributed by atoms with van der Waals surface area (Å²) in [5.74, 6) is -0.528. The van der Waals surface area contributed by atoms with E-state index in [9.17, 15) is 18.0 Å². The van der Waals surface area contributed by atoms with E-state index in [0.29, 0.717) is 16.8 Å². The summed E-state index contributed by atoms with van der Waals surface area (Å²) in [7, 11) is 3.28. The molecule has 1 aromatic rings. The molecule has 1 amide bonds. The van der Waals surface area contributed by atoms with Gasteiger partial charge in [0.15, 0.2) is 5.69 Å². The summed E-state index contributed by atoms with van der Waals surface area (Å²) in [6, 6.07) is 1.73. The second kappa shape index (κ2) is 5.26. The molecule has 0 radical (unpaired) electrons. The van der Waals surface area contributed by atoms with Crippen molar-refractivity contribution in [2.24, 2.45) is 7.05 Å². The Morgan fingerprint density at radius 1 is 1.27 bits per heavy atom. The Balaban J connectivity index is 1.68. The number of halogens is 3. The molecule has 5 nitrogen and oxygen atoms in total. The number of hydrogen-bond acceptors (Lipinski definition) is 3. The molecular formula is C14H19F3N4O. The Hall–Kier alpha value is -1.57. The van der Waals surface area contributed by atoms with Crippen molar-refractivity contribution in [2.45, 2.75) is 50.0 Å². The first-order valence-corrected chi connectivity index (χ1v) is 7.39. The Kier molecular flexibility index (Phi) is 3.66. The Labute approximate surface area is 126 Å². The molecule has 122 valence electrons. The third kappa shape index (κ3) is 2.71. The lowest BCUT2D eigenvalue weighted by Gasteiger charge is -2.36. The lowest BCUT2D eigenvalue weighted by Crippen LogP contribution is -2.48. The van der Waals surface area contributed by atoms with E-state index < -0.39 is 17.8 Å². The minimum atomic E-state index is -4.51. The minimum absolute atomic E-state index is 0.0116. The molecule has 22 heavy (non-hydrogen) atoms. The molecule has 0 saturated carbocycles. The number of nitrogens with one attached hydrogen (secondary N) is 1. The summed E-state index contributed by atoms with van der Waals surface area (Å²) < 4.78 is 38.9. The van der Waals surface area contributed by atoms with E-state index in [0.717, 1.165) is 31.7 Å². The molecule has 2 saturated heterocycles. The van der Waals surface area contributed by atoms with Gasteiger partial charge in [-0.3, -0.25) is 9.48 Å². The average Bonchev–Trinajstić information content (AvgIpc) is 2.88. The molecule has 0 aromatic carbocycles. The number of fused-ring (bicyclic) bond motifs is 2. The zero-order valence-electron chi connectivity index (χ0n) is 12.5. The van der Waals surface area contributed by atoms with Crippen LogP contribution in [0.2, 0.25) is 0 Å². The molecular weight excluding hydrogens is 297 g/mol. The number of rotatable bonds is 2. The number of carbonyl (C=O) groups excluding carboxylic acids is 1. The van der Waals surface area contributed by atoms with Crippen LogP contribution in [0.25, 0.3) is 0 Å².